The van der Waals surface area contributed by atoms with Crippen LogP contribution in [0.3, 0.4) is 0 Å². The van der Waals surface area contributed by atoms with Crippen LogP contribution in [-0.2, 0) is 4.79 Å². The molecule has 100 valence electrons. The number of amides is 1. The number of carbonyl (C=O) groups excluding carboxylic acids is 1. The Morgan fingerprint density at radius 2 is 2.06 bits per heavy atom. The Bertz CT molecular complexity index is 383. The van der Waals surface area contributed by atoms with Crippen LogP contribution in [0, 0.1) is 5.92 Å². The van der Waals surface area contributed by atoms with Gasteiger partial charge in [0.15, 0.2) is 0 Å². The average Bonchev–Trinajstić information content (AvgIpc) is 2.38. The van der Waals surface area contributed by atoms with Gasteiger partial charge in [0.1, 0.15) is 6.04 Å². The van der Waals surface area contributed by atoms with E-state index in [4.69, 9.17) is 5.73 Å². The van der Waals surface area contributed by atoms with Crippen molar-refractivity contribution < 1.29 is 4.79 Å². The van der Waals surface area contributed by atoms with E-state index in [1.807, 2.05) is 35.2 Å². The van der Waals surface area contributed by atoms with Gasteiger partial charge in [-0.05, 0) is 24.3 Å². The van der Waals surface area contributed by atoms with Gasteiger partial charge in [-0.1, -0.05) is 37.3 Å². The van der Waals surface area contributed by atoms with Crippen LogP contribution < -0.4 is 5.73 Å². The Balaban J connectivity index is 0.00000162. The molecule has 1 aliphatic rings. The van der Waals surface area contributed by atoms with E-state index in [1.54, 1.807) is 0 Å². The molecule has 2 N–H and O–H groups in total. The molecule has 0 radical (unpaired) electrons. The first-order valence-corrected chi connectivity index (χ1v) is 6.28. The number of hydrogen-bond acceptors (Lipinski definition) is 2. The number of rotatable bonds is 2. The van der Waals surface area contributed by atoms with Crippen molar-refractivity contribution in [1.29, 1.82) is 0 Å². The second-order valence-electron chi connectivity index (χ2n) is 4.92. The van der Waals surface area contributed by atoms with Gasteiger partial charge in [0, 0.05) is 13.1 Å². The smallest absolute Gasteiger partial charge is 0.244 e. The van der Waals surface area contributed by atoms with Crippen LogP contribution >= 0.6 is 12.4 Å². The molecule has 18 heavy (non-hydrogen) atoms. The number of hydrogen-bond donors (Lipinski definition) is 1. The SMILES string of the molecule is CC1CCCN(C(=O)C(N)c2ccccc2)C1.Cl. The zero-order valence-electron chi connectivity index (χ0n) is 10.7. The molecule has 4 heteroatoms. The van der Waals surface area contributed by atoms with Crippen LogP contribution in [0.4, 0.5) is 0 Å². The zero-order valence-corrected chi connectivity index (χ0v) is 11.5. The normalized spacial score (nSPS) is 21.0. The van der Waals surface area contributed by atoms with Gasteiger partial charge < -0.3 is 10.6 Å². The lowest BCUT2D eigenvalue weighted by Crippen LogP contribution is -2.43. The standard InChI is InChI=1S/C14H20N2O.ClH/c1-11-6-5-9-16(10-11)14(17)13(15)12-7-3-2-4-8-12;/h2-4,7-8,11,13H,5-6,9-10,15H2,1H3;1H. The van der Waals surface area contributed by atoms with Crippen molar-refractivity contribution in [3.8, 4) is 0 Å². The lowest BCUT2D eigenvalue weighted by molar-refractivity contribution is -0.134. The van der Waals surface area contributed by atoms with Gasteiger partial charge in [0.05, 0.1) is 0 Å². The minimum Gasteiger partial charge on any atom is -0.341 e. The molecule has 1 aliphatic heterocycles. The number of halogens is 1. The molecule has 1 aromatic rings. The average molecular weight is 269 g/mol. The molecule has 1 fully saturated rings. The first-order chi connectivity index (χ1) is 8.18. The molecule has 3 nitrogen and oxygen atoms in total. The Labute approximate surface area is 115 Å². The van der Waals surface area contributed by atoms with Crippen LogP contribution in [0.25, 0.3) is 0 Å². The molecule has 1 heterocycles. The highest BCUT2D eigenvalue weighted by Crippen LogP contribution is 2.19. The highest BCUT2D eigenvalue weighted by molar-refractivity contribution is 5.85. The molecule has 0 spiro atoms. The lowest BCUT2D eigenvalue weighted by Gasteiger charge is -2.32. The number of piperidine rings is 1. The Hall–Kier alpha value is -1.06. The van der Waals surface area contributed by atoms with E-state index in [0.29, 0.717) is 5.92 Å². The predicted octanol–water partition coefficient (Wildman–Crippen LogP) is 2.37. The summed E-state index contributed by atoms with van der Waals surface area (Å²) in [5.41, 5.74) is 6.92. The van der Waals surface area contributed by atoms with E-state index in [2.05, 4.69) is 6.92 Å². The predicted molar refractivity (Wildman–Crippen MR) is 75.6 cm³/mol. The van der Waals surface area contributed by atoms with E-state index in [0.717, 1.165) is 25.1 Å². The van der Waals surface area contributed by atoms with Crippen molar-refractivity contribution in [3.63, 3.8) is 0 Å². The molecule has 0 aromatic heterocycles. The van der Waals surface area contributed by atoms with Gasteiger partial charge in [-0.25, -0.2) is 0 Å². The van der Waals surface area contributed by atoms with E-state index in [-0.39, 0.29) is 18.3 Å². The van der Waals surface area contributed by atoms with Crippen molar-refractivity contribution in [1.82, 2.24) is 4.90 Å². The quantitative estimate of drug-likeness (QED) is 0.895. The summed E-state index contributed by atoms with van der Waals surface area (Å²) in [6.45, 7) is 3.89. The van der Waals surface area contributed by atoms with Crippen molar-refractivity contribution in [2.75, 3.05) is 13.1 Å². The molecule has 2 rings (SSSR count). The van der Waals surface area contributed by atoms with Gasteiger partial charge in [-0.2, -0.15) is 0 Å². The van der Waals surface area contributed by atoms with Gasteiger partial charge in [0.25, 0.3) is 0 Å². The third-order valence-corrected chi connectivity index (χ3v) is 3.39. The highest BCUT2D eigenvalue weighted by atomic mass is 35.5. The molecule has 2 unspecified atom stereocenters. The largest absolute Gasteiger partial charge is 0.341 e. The summed E-state index contributed by atoms with van der Waals surface area (Å²) in [5, 5.41) is 0. The van der Waals surface area contributed by atoms with E-state index < -0.39 is 6.04 Å². The minimum atomic E-state index is -0.513. The highest BCUT2D eigenvalue weighted by Gasteiger charge is 2.25. The Morgan fingerprint density at radius 1 is 1.39 bits per heavy atom. The summed E-state index contributed by atoms with van der Waals surface area (Å²) >= 11 is 0. The van der Waals surface area contributed by atoms with Gasteiger partial charge >= 0.3 is 0 Å². The van der Waals surface area contributed by atoms with Crippen LogP contribution in [-0.4, -0.2) is 23.9 Å². The Morgan fingerprint density at radius 3 is 2.67 bits per heavy atom. The van der Waals surface area contributed by atoms with Crippen LogP contribution in [0.15, 0.2) is 30.3 Å². The van der Waals surface area contributed by atoms with Gasteiger partial charge in [0.2, 0.25) is 5.91 Å². The number of benzene rings is 1. The molecule has 0 aliphatic carbocycles. The second-order valence-corrected chi connectivity index (χ2v) is 4.92. The molecule has 1 aromatic carbocycles. The maximum absolute atomic E-state index is 12.2. The van der Waals surface area contributed by atoms with Crippen LogP contribution in [0.2, 0.25) is 0 Å². The van der Waals surface area contributed by atoms with E-state index in [9.17, 15) is 4.79 Å². The van der Waals surface area contributed by atoms with Crippen molar-refractivity contribution in [2.45, 2.75) is 25.8 Å². The van der Waals surface area contributed by atoms with Crippen molar-refractivity contribution in [2.24, 2.45) is 11.7 Å². The topological polar surface area (TPSA) is 46.3 Å². The number of likely N-dealkylation sites (tertiary alicyclic amines) is 1. The third-order valence-electron chi connectivity index (χ3n) is 3.39. The fraction of sp³-hybridized carbons (Fsp3) is 0.500. The molecule has 1 saturated heterocycles. The molecule has 0 bridgehead atoms. The van der Waals surface area contributed by atoms with Gasteiger partial charge in [-0.3, -0.25) is 4.79 Å². The Kier molecular flexibility index (Phi) is 5.63. The summed E-state index contributed by atoms with van der Waals surface area (Å²) in [6, 6.07) is 9.08. The molecular weight excluding hydrogens is 248 g/mol. The second kappa shape index (κ2) is 6.76. The molecule has 2 atom stereocenters. The molecule has 1 amide bonds. The monoisotopic (exact) mass is 268 g/mol. The first kappa shape index (κ1) is 15.0. The first-order valence-electron chi connectivity index (χ1n) is 6.28. The lowest BCUT2D eigenvalue weighted by atomic mass is 9.98. The summed E-state index contributed by atoms with van der Waals surface area (Å²) < 4.78 is 0. The van der Waals surface area contributed by atoms with E-state index >= 15 is 0 Å². The van der Waals surface area contributed by atoms with Crippen LogP contribution in [0.1, 0.15) is 31.4 Å². The minimum absolute atomic E-state index is 0. The summed E-state index contributed by atoms with van der Waals surface area (Å²) in [4.78, 5) is 14.2. The fourth-order valence-electron chi connectivity index (χ4n) is 2.39. The van der Waals surface area contributed by atoms with Gasteiger partial charge in [-0.15, -0.1) is 12.4 Å². The zero-order chi connectivity index (χ0) is 12.3. The summed E-state index contributed by atoms with van der Waals surface area (Å²) in [5.74, 6) is 0.651. The summed E-state index contributed by atoms with van der Waals surface area (Å²) in [7, 11) is 0. The van der Waals surface area contributed by atoms with Crippen molar-refractivity contribution in [3.05, 3.63) is 35.9 Å². The summed E-state index contributed by atoms with van der Waals surface area (Å²) in [6.07, 6.45) is 2.30. The number of nitrogens with zero attached hydrogens (tertiary/aromatic N) is 1. The van der Waals surface area contributed by atoms with Crippen molar-refractivity contribution >= 4 is 18.3 Å². The molecular formula is C14H21ClN2O. The van der Waals surface area contributed by atoms with Crippen LogP contribution in [0.5, 0.6) is 0 Å². The molecule has 0 saturated carbocycles. The maximum Gasteiger partial charge on any atom is 0.244 e. The maximum atomic E-state index is 12.2. The number of carbonyl (C=O) groups is 1. The number of nitrogens with two attached hydrogens (primary N) is 1. The van der Waals surface area contributed by atoms with E-state index in [1.165, 1.54) is 6.42 Å². The fourth-order valence-corrected chi connectivity index (χ4v) is 2.39. The third kappa shape index (κ3) is 3.47.